The largest absolute Gasteiger partial charge is 0.481 e. The zero-order valence-corrected chi connectivity index (χ0v) is 8.78. The van der Waals surface area contributed by atoms with Crippen LogP contribution in [0.4, 0.5) is 0 Å². The molecule has 0 amide bonds. The van der Waals surface area contributed by atoms with Gasteiger partial charge in [0, 0.05) is 6.08 Å². The second-order valence-corrected chi connectivity index (χ2v) is 3.20. The van der Waals surface area contributed by atoms with E-state index in [4.69, 9.17) is 9.84 Å². The Morgan fingerprint density at radius 2 is 2.00 bits per heavy atom. The number of Topliss-reactive ketones (excluding diaryl/α,β-unsaturated/α-hetero) is 1. The smallest absolute Gasteiger partial charge is 0.331 e. The van der Waals surface area contributed by atoms with Crippen LogP contribution in [0.3, 0.4) is 0 Å². The molecule has 15 heavy (non-hydrogen) atoms. The van der Waals surface area contributed by atoms with Crippen molar-refractivity contribution in [1.29, 1.82) is 0 Å². The molecule has 0 aliphatic carbocycles. The fourth-order valence-corrected chi connectivity index (χ4v) is 0.914. The summed E-state index contributed by atoms with van der Waals surface area (Å²) >= 11 is 0. The number of carboxylic acids is 1. The topological polar surface area (TPSA) is 80.7 Å². The average molecular weight is 214 g/mol. The summed E-state index contributed by atoms with van der Waals surface area (Å²) in [6, 6.07) is 0. The molecule has 0 bridgehead atoms. The lowest BCUT2D eigenvalue weighted by Crippen LogP contribution is -2.40. The second kappa shape index (κ2) is 5.29. The molecule has 1 unspecified atom stereocenters. The van der Waals surface area contributed by atoms with Crippen LogP contribution in [0.2, 0.25) is 0 Å². The van der Waals surface area contributed by atoms with Crippen LogP contribution >= 0.6 is 0 Å². The molecular weight excluding hydrogens is 200 g/mol. The summed E-state index contributed by atoms with van der Waals surface area (Å²) in [7, 11) is 0. The third-order valence-electron chi connectivity index (χ3n) is 2.07. The first-order valence-electron chi connectivity index (χ1n) is 4.46. The van der Waals surface area contributed by atoms with Crippen molar-refractivity contribution in [3.8, 4) is 0 Å². The number of ketones is 1. The molecule has 0 fully saturated rings. The summed E-state index contributed by atoms with van der Waals surface area (Å²) < 4.78 is 4.83. The third-order valence-corrected chi connectivity index (χ3v) is 2.07. The molecule has 5 heteroatoms. The molecule has 0 saturated carbocycles. The van der Waals surface area contributed by atoms with Gasteiger partial charge < -0.3 is 9.84 Å². The number of ether oxygens (including phenoxy) is 1. The van der Waals surface area contributed by atoms with E-state index >= 15 is 0 Å². The quantitative estimate of drug-likeness (QED) is 0.404. The monoisotopic (exact) mass is 214 g/mol. The lowest BCUT2D eigenvalue weighted by Gasteiger charge is -2.25. The van der Waals surface area contributed by atoms with Crippen LogP contribution in [0.5, 0.6) is 0 Å². The molecule has 0 aromatic heterocycles. The summed E-state index contributed by atoms with van der Waals surface area (Å²) in [5, 5.41) is 8.45. The Bertz CT molecular complexity index is 294. The van der Waals surface area contributed by atoms with E-state index in [1.165, 1.54) is 6.92 Å². The number of hydrogen-bond donors (Lipinski definition) is 1. The Hall–Kier alpha value is -1.65. The zero-order chi connectivity index (χ0) is 12.1. The first kappa shape index (κ1) is 13.4. The maximum absolute atomic E-state index is 11.5. The Labute approximate surface area is 87.7 Å². The lowest BCUT2D eigenvalue weighted by molar-refractivity contribution is -0.163. The van der Waals surface area contributed by atoms with Gasteiger partial charge in [0.05, 0.1) is 0 Å². The van der Waals surface area contributed by atoms with Crippen molar-refractivity contribution in [2.24, 2.45) is 0 Å². The molecule has 0 spiro atoms. The van der Waals surface area contributed by atoms with Gasteiger partial charge in [0.15, 0.2) is 11.4 Å². The van der Waals surface area contributed by atoms with Crippen LogP contribution < -0.4 is 0 Å². The predicted octanol–water partition coefficient (Wildman–Crippen LogP) is 0.928. The molecule has 5 nitrogen and oxygen atoms in total. The van der Waals surface area contributed by atoms with E-state index in [-0.39, 0.29) is 6.42 Å². The van der Waals surface area contributed by atoms with E-state index < -0.39 is 29.7 Å². The summed E-state index contributed by atoms with van der Waals surface area (Å²) in [6.07, 6.45) is 0.495. The minimum absolute atomic E-state index is 0.221. The number of hydrogen-bond acceptors (Lipinski definition) is 4. The maximum atomic E-state index is 11.5. The van der Waals surface area contributed by atoms with E-state index in [0.717, 1.165) is 6.08 Å². The van der Waals surface area contributed by atoms with Crippen molar-refractivity contribution >= 4 is 17.7 Å². The molecule has 0 radical (unpaired) electrons. The van der Waals surface area contributed by atoms with Gasteiger partial charge in [-0.25, -0.2) is 4.79 Å². The molecule has 0 aliphatic rings. The van der Waals surface area contributed by atoms with Crippen molar-refractivity contribution in [2.75, 3.05) is 0 Å². The number of carbonyl (C=O) groups excluding carboxylic acids is 2. The van der Waals surface area contributed by atoms with Gasteiger partial charge in [-0.1, -0.05) is 13.5 Å². The normalized spacial score (nSPS) is 13.7. The number of rotatable bonds is 6. The van der Waals surface area contributed by atoms with Crippen LogP contribution in [-0.4, -0.2) is 28.4 Å². The van der Waals surface area contributed by atoms with E-state index in [1.807, 2.05) is 0 Å². The van der Waals surface area contributed by atoms with E-state index in [9.17, 15) is 14.4 Å². The Morgan fingerprint density at radius 1 is 1.47 bits per heavy atom. The zero-order valence-electron chi connectivity index (χ0n) is 8.78. The van der Waals surface area contributed by atoms with Gasteiger partial charge >= 0.3 is 11.9 Å². The molecule has 0 saturated heterocycles. The SMILES string of the molecule is C=CC(=O)OC(C)(CC)C(=O)CC(=O)O. The minimum Gasteiger partial charge on any atom is -0.481 e. The molecular formula is C10H14O5. The first-order valence-corrected chi connectivity index (χ1v) is 4.46. The highest BCUT2D eigenvalue weighted by atomic mass is 16.6. The fraction of sp³-hybridized carbons (Fsp3) is 0.500. The molecule has 0 aliphatic heterocycles. The highest BCUT2D eigenvalue weighted by Crippen LogP contribution is 2.18. The molecule has 0 rings (SSSR count). The number of carboxylic acid groups (broad SMARTS) is 1. The van der Waals surface area contributed by atoms with Gasteiger partial charge in [-0.3, -0.25) is 9.59 Å². The van der Waals surface area contributed by atoms with Crippen LogP contribution in [0.25, 0.3) is 0 Å². The van der Waals surface area contributed by atoms with Crippen LogP contribution in [0, 0.1) is 0 Å². The first-order chi connectivity index (χ1) is 6.85. The van der Waals surface area contributed by atoms with Gasteiger partial charge in [0.25, 0.3) is 0 Å². The van der Waals surface area contributed by atoms with Crippen molar-refractivity contribution in [3.05, 3.63) is 12.7 Å². The van der Waals surface area contributed by atoms with Gasteiger partial charge in [0.1, 0.15) is 6.42 Å². The maximum Gasteiger partial charge on any atom is 0.331 e. The average Bonchev–Trinajstić information content (AvgIpc) is 2.16. The standard InChI is InChI=1S/C10H14O5/c1-4-9(14)15-10(3,5-2)7(11)6-8(12)13/h4H,1,5-6H2,2-3H3,(H,12,13). The molecule has 1 N–H and O–H groups in total. The minimum atomic E-state index is -1.39. The van der Waals surface area contributed by atoms with Crippen LogP contribution in [0.15, 0.2) is 12.7 Å². The number of esters is 1. The highest BCUT2D eigenvalue weighted by molar-refractivity contribution is 6.00. The van der Waals surface area contributed by atoms with Crippen LogP contribution in [-0.2, 0) is 19.1 Å². The van der Waals surface area contributed by atoms with E-state index in [0.29, 0.717) is 0 Å². The van der Waals surface area contributed by atoms with Crippen molar-refractivity contribution < 1.29 is 24.2 Å². The Balaban J connectivity index is 4.68. The van der Waals surface area contributed by atoms with Gasteiger partial charge in [0.2, 0.25) is 0 Å². The summed E-state index contributed by atoms with van der Waals surface area (Å²) in [6.45, 7) is 6.22. The molecule has 84 valence electrons. The predicted molar refractivity (Wildman–Crippen MR) is 52.2 cm³/mol. The van der Waals surface area contributed by atoms with Crippen LogP contribution in [0.1, 0.15) is 26.7 Å². The van der Waals surface area contributed by atoms with Gasteiger partial charge in [-0.15, -0.1) is 0 Å². The Morgan fingerprint density at radius 3 is 2.33 bits per heavy atom. The summed E-state index contributed by atoms with van der Waals surface area (Å²) in [4.78, 5) is 32.7. The van der Waals surface area contributed by atoms with Gasteiger partial charge in [-0.2, -0.15) is 0 Å². The van der Waals surface area contributed by atoms with Crippen molar-refractivity contribution in [3.63, 3.8) is 0 Å². The summed E-state index contributed by atoms with van der Waals surface area (Å²) in [5.41, 5.74) is -1.39. The van der Waals surface area contributed by atoms with Gasteiger partial charge in [-0.05, 0) is 13.3 Å². The molecule has 0 aromatic rings. The van der Waals surface area contributed by atoms with E-state index in [1.54, 1.807) is 6.92 Å². The van der Waals surface area contributed by atoms with Crippen molar-refractivity contribution in [1.82, 2.24) is 0 Å². The molecule has 0 heterocycles. The molecule has 0 aromatic carbocycles. The van der Waals surface area contributed by atoms with E-state index in [2.05, 4.69) is 6.58 Å². The number of aliphatic carboxylic acids is 1. The third kappa shape index (κ3) is 3.93. The second-order valence-electron chi connectivity index (χ2n) is 3.20. The molecule has 1 atom stereocenters. The van der Waals surface area contributed by atoms with Crippen molar-refractivity contribution in [2.45, 2.75) is 32.3 Å². The summed E-state index contributed by atoms with van der Waals surface area (Å²) in [5.74, 6) is -2.61. The highest BCUT2D eigenvalue weighted by Gasteiger charge is 2.35. The number of carbonyl (C=O) groups is 3. The lowest BCUT2D eigenvalue weighted by atomic mass is 9.95. The Kier molecular flexibility index (Phi) is 4.70. The fourth-order valence-electron chi connectivity index (χ4n) is 0.914.